The highest BCUT2D eigenvalue weighted by Gasteiger charge is 2.40. The number of nitrogens with zero attached hydrogens (tertiary/aromatic N) is 1. The monoisotopic (exact) mass is 378 g/mol. The van der Waals surface area contributed by atoms with Crippen LogP contribution in [-0.2, 0) is 4.74 Å². The molecule has 1 aliphatic carbocycles. The predicted octanol–water partition coefficient (Wildman–Crippen LogP) is 4.34. The van der Waals surface area contributed by atoms with Crippen molar-refractivity contribution >= 4 is 22.4 Å². The lowest BCUT2D eigenvalue weighted by molar-refractivity contribution is -0.0768. The molecule has 0 radical (unpaired) electrons. The van der Waals surface area contributed by atoms with Crippen LogP contribution in [0.25, 0.3) is 10.8 Å². The molecule has 1 aromatic heterocycles. The fraction of sp³-hybridized carbons (Fsp3) is 0.550. The highest BCUT2D eigenvalue weighted by atomic mass is 35.5. The molecule has 142 valence electrons. The summed E-state index contributed by atoms with van der Waals surface area (Å²) in [4.78, 5) is 4.21. The van der Waals surface area contributed by atoms with Crippen LogP contribution in [0.5, 0.6) is 11.6 Å². The maximum atomic E-state index is 6.45. The molecule has 0 amide bonds. The number of halogens is 1. The molecule has 0 spiro atoms. The lowest BCUT2D eigenvalue weighted by atomic mass is 9.77. The van der Waals surface area contributed by atoms with E-state index in [0.29, 0.717) is 16.7 Å². The molecule has 1 atom stereocenters. The molecule has 1 heterocycles. The maximum Gasteiger partial charge on any atom is 0.221 e. The van der Waals surface area contributed by atoms with E-state index >= 15 is 0 Å². The number of nitrogens with two attached hydrogens (primary N) is 1. The quantitative estimate of drug-likeness (QED) is 0.809. The number of ether oxygens (including phenoxy) is 3. The van der Waals surface area contributed by atoms with E-state index in [1.165, 1.54) is 0 Å². The second kappa shape index (κ2) is 7.99. The molecule has 26 heavy (non-hydrogen) atoms. The molecule has 5 nitrogen and oxygen atoms in total. The topological polar surface area (TPSA) is 66.6 Å². The van der Waals surface area contributed by atoms with Crippen molar-refractivity contribution in [3.05, 3.63) is 29.4 Å². The summed E-state index contributed by atoms with van der Waals surface area (Å²) in [7, 11) is 3.36. The molecule has 3 rings (SSSR count). The minimum Gasteiger partial charge on any atom is -0.489 e. The van der Waals surface area contributed by atoms with E-state index < -0.39 is 0 Å². The van der Waals surface area contributed by atoms with Crippen LogP contribution >= 0.6 is 11.6 Å². The zero-order valence-corrected chi connectivity index (χ0v) is 16.4. The van der Waals surface area contributed by atoms with Gasteiger partial charge >= 0.3 is 0 Å². The number of pyridine rings is 1. The SMILES string of the molecule is CCC(N)[C@]1(OC)CC[C@H](Oc2cc3ccnc(OC)c3cc2Cl)CC1. The number of hydrogen-bond acceptors (Lipinski definition) is 5. The van der Waals surface area contributed by atoms with Crippen molar-refractivity contribution < 1.29 is 14.2 Å². The van der Waals surface area contributed by atoms with Crippen LogP contribution in [0, 0.1) is 0 Å². The second-order valence-corrected chi connectivity index (χ2v) is 7.33. The molecule has 0 aliphatic heterocycles. The van der Waals surface area contributed by atoms with Crippen molar-refractivity contribution in [2.75, 3.05) is 14.2 Å². The third kappa shape index (κ3) is 3.61. The van der Waals surface area contributed by atoms with Crippen molar-refractivity contribution in [1.29, 1.82) is 0 Å². The van der Waals surface area contributed by atoms with Gasteiger partial charge in [0.15, 0.2) is 0 Å². The Balaban J connectivity index is 1.75. The summed E-state index contributed by atoms with van der Waals surface area (Å²) < 4.78 is 17.3. The Hall–Kier alpha value is -1.56. The summed E-state index contributed by atoms with van der Waals surface area (Å²) in [5.41, 5.74) is 6.06. The van der Waals surface area contributed by atoms with Gasteiger partial charge in [0.25, 0.3) is 0 Å². The van der Waals surface area contributed by atoms with Crippen molar-refractivity contribution in [2.24, 2.45) is 5.73 Å². The van der Waals surface area contributed by atoms with Gasteiger partial charge in [-0.25, -0.2) is 4.98 Å². The van der Waals surface area contributed by atoms with Crippen LogP contribution in [-0.4, -0.2) is 37.0 Å². The van der Waals surface area contributed by atoms with Gasteiger partial charge in [-0.15, -0.1) is 0 Å². The van der Waals surface area contributed by atoms with Gasteiger partial charge in [0, 0.05) is 24.7 Å². The Kier molecular flexibility index (Phi) is 5.90. The van der Waals surface area contributed by atoms with Crippen LogP contribution in [0.4, 0.5) is 0 Å². The van der Waals surface area contributed by atoms with Crippen molar-refractivity contribution in [1.82, 2.24) is 4.98 Å². The summed E-state index contributed by atoms with van der Waals surface area (Å²) >= 11 is 6.45. The molecule has 1 aromatic carbocycles. The van der Waals surface area contributed by atoms with E-state index in [9.17, 15) is 0 Å². The molecule has 6 heteroatoms. The average molecular weight is 379 g/mol. The van der Waals surface area contributed by atoms with E-state index in [1.807, 2.05) is 18.2 Å². The number of hydrogen-bond donors (Lipinski definition) is 1. The van der Waals surface area contributed by atoms with Gasteiger partial charge in [-0.1, -0.05) is 18.5 Å². The van der Waals surface area contributed by atoms with Crippen molar-refractivity contribution in [2.45, 2.75) is 56.8 Å². The summed E-state index contributed by atoms with van der Waals surface area (Å²) in [5.74, 6) is 1.26. The third-order valence-electron chi connectivity index (χ3n) is 5.57. The summed E-state index contributed by atoms with van der Waals surface area (Å²) in [5, 5.41) is 2.44. The largest absolute Gasteiger partial charge is 0.489 e. The molecule has 2 N–H and O–H groups in total. The Labute approximate surface area is 159 Å². The minimum absolute atomic E-state index is 0.0534. The molecule has 1 unspecified atom stereocenters. The van der Waals surface area contributed by atoms with Crippen molar-refractivity contribution in [3.8, 4) is 11.6 Å². The number of methoxy groups -OCH3 is 2. The van der Waals surface area contributed by atoms with Gasteiger partial charge in [-0.05, 0) is 55.7 Å². The van der Waals surface area contributed by atoms with E-state index in [-0.39, 0.29) is 17.7 Å². The van der Waals surface area contributed by atoms with E-state index in [2.05, 4.69) is 11.9 Å². The summed E-state index contributed by atoms with van der Waals surface area (Å²) in [6, 6.07) is 5.79. The average Bonchev–Trinajstić information content (AvgIpc) is 2.68. The van der Waals surface area contributed by atoms with Gasteiger partial charge in [0.05, 0.1) is 23.8 Å². The molecule has 0 bridgehead atoms. The number of benzene rings is 1. The number of fused-ring (bicyclic) bond motifs is 1. The highest BCUT2D eigenvalue weighted by Crippen LogP contribution is 2.39. The smallest absolute Gasteiger partial charge is 0.221 e. The Morgan fingerprint density at radius 1 is 1.31 bits per heavy atom. The molecule has 1 saturated carbocycles. The van der Waals surface area contributed by atoms with Crippen LogP contribution in [0.2, 0.25) is 5.02 Å². The predicted molar refractivity (Wildman–Crippen MR) is 104 cm³/mol. The van der Waals surface area contributed by atoms with Crippen LogP contribution in [0.1, 0.15) is 39.0 Å². The first-order valence-corrected chi connectivity index (χ1v) is 9.50. The molecule has 0 saturated heterocycles. The minimum atomic E-state index is -0.235. The molecular formula is C20H27ClN2O3. The first-order chi connectivity index (χ1) is 12.5. The van der Waals surface area contributed by atoms with E-state index in [1.54, 1.807) is 20.4 Å². The van der Waals surface area contributed by atoms with Crippen LogP contribution in [0.3, 0.4) is 0 Å². The lowest BCUT2D eigenvalue weighted by Gasteiger charge is -2.42. The van der Waals surface area contributed by atoms with E-state index in [4.69, 9.17) is 31.5 Å². The Bertz CT molecular complexity index is 760. The first-order valence-electron chi connectivity index (χ1n) is 9.12. The van der Waals surface area contributed by atoms with Crippen LogP contribution < -0.4 is 15.2 Å². The maximum absolute atomic E-state index is 6.45. The first kappa shape index (κ1) is 19.2. The molecule has 1 aliphatic rings. The second-order valence-electron chi connectivity index (χ2n) is 6.92. The standard InChI is InChI=1S/C20H27ClN2O3/c1-4-18(22)20(25-3)8-5-14(6-9-20)26-17-11-13-7-10-23-19(24-2)15(13)12-16(17)21/h7,10-12,14,18H,4-6,8-9,22H2,1-3H3/t14-,18?,20-. The van der Waals surface area contributed by atoms with E-state index in [0.717, 1.165) is 42.9 Å². The highest BCUT2D eigenvalue weighted by molar-refractivity contribution is 6.33. The normalized spacial score (nSPS) is 24.4. The summed E-state index contributed by atoms with van der Waals surface area (Å²) in [6.07, 6.45) is 6.33. The fourth-order valence-corrected chi connectivity index (χ4v) is 4.08. The number of aromatic nitrogens is 1. The molecular weight excluding hydrogens is 352 g/mol. The van der Waals surface area contributed by atoms with Crippen LogP contribution in [0.15, 0.2) is 24.4 Å². The van der Waals surface area contributed by atoms with Gasteiger partial charge in [0.2, 0.25) is 5.88 Å². The molecule has 2 aromatic rings. The fourth-order valence-electron chi connectivity index (χ4n) is 3.88. The Morgan fingerprint density at radius 3 is 2.65 bits per heavy atom. The van der Waals surface area contributed by atoms with Gasteiger partial charge < -0.3 is 19.9 Å². The Morgan fingerprint density at radius 2 is 2.04 bits per heavy atom. The number of rotatable bonds is 6. The zero-order valence-electron chi connectivity index (χ0n) is 15.6. The molecule has 1 fully saturated rings. The van der Waals surface area contributed by atoms with Gasteiger partial charge in [-0.2, -0.15) is 0 Å². The zero-order chi connectivity index (χ0) is 18.7. The summed E-state index contributed by atoms with van der Waals surface area (Å²) in [6.45, 7) is 2.10. The van der Waals surface area contributed by atoms with Crippen molar-refractivity contribution in [3.63, 3.8) is 0 Å². The van der Waals surface area contributed by atoms with Gasteiger partial charge in [-0.3, -0.25) is 0 Å². The van der Waals surface area contributed by atoms with Gasteiger partial charge in [0.1, 0.15) is 5.75 Å². The lowest BCUT2D eigenvalue weighted by Crippen LogP contribution is -2.52. The third-order valence-corrected chi connectivity index (χ3v) is 5.86.